The van der Waals surface area contributed by atoms with E-state index in [-0.39, 0.29) is 21.7 Å². The van der Waals surface area contributed by atoms with Crippen molar-refractivity contribution in [3.05, 3.63) is 47.5 Å². The number of rotatable bonds is 9. The Morgan fingerprint density at radius 1 is 1.27 bits per heavy atom. The Bertz CT molecular complexity index is 1030. The molecule has 0 saturated carbocycles. The van der Waals surface area contributed by atoms with Gasteiger partial charge in [0.25, 0.3) is 0 Å². The summed E-state index contributed by atoms with van der Waals surface area (Å²) in [4.78, 5) is 13.0. The second kappa shape index (κ2) is 9.95. The van der Waals surface area contributed by atoms with Crippen LogP contribution in [0.1, 0.15) is 22.8 Å². The van der Waals surface area contributed by atoms with Gasteiger partial charge in [0.1, 0.15) is 10.5 Å². The zero-order valence-corrected chi connectivity index (χ0v) is 19.4. The Balaban J connectivity index is 1.52. The number of thioether (sulfide) groups is 2. The van der Waals surface area contributed by atoms with Crippen LogP contribution in [0.15, 0.2) is 46.2 Å². The van der Waals surface area contributed by atoms with Crippen LogP contribution in [0, 0.1) is 6.92 Å². The monoisotopic (exact) mass is 468 g/mol. The molecule has 10 heteroatoms. The van der Waals surface area contributed by atoms with E-state index >= 15 is 0 Å². The maximum Gasteiger partial charge on any atom is 0.338 e. The molecule has 0 radical (unpaired) electrons. The van der Waals surface area contributed by atoms with Crippen LogP contribution in [0.5, 0.6) is 5.75 Å². The number of benzene rings is 2. The molecule has 30 heavy (non-hydrogen) atoms. The van der Waals surface area contributed by atoms with Crippen molar-refractivity contribution in [2.75, 3.05) is 31.3 Å². The van der Waals surface area contributed by atoms with Gasteiger partial charge in [-0.2, -0.15) is 0 Å². The first-order valence-corrected chi connectivity index (χ1v) is 12.8. The van der Waals surface area contributed by atoms with Crippen molar-refractivity contribution >= 4 is 45.2 Å². The van der Waals surface area contributed by atoms with Crippen LogP contribution in [0.4, 0.5) is 5.69 Å². The average Bonchev–Trinajstić information content (AvgIpc) is 3.13. The second-order valence-electron chi connectivity index (χ2n) is 6.42. The molecule has 0 bridgehead atoms. The molecule has 0 aromatic heterocycles. The van der Waals surface area contributed by atoms with Crippen LogP contribution in [0.25, 0.3) is 0 Å². The summed E-state index contributed by atoms with van der Waals surface area (Å²) in [5.41, 5.74) is 1.95. The van der Waals surface area contributed by atoms with Crippen molar-refractivity contribution in [1.29, 1.82) is 0 Å². The maximum atomic E-state index is 12.6. The van der Waals surface area contributed by atoms with Crippen molar-refractivity contribution in [2.45, 2.75) is 28.3 Å². The first kappa shape index (κ1) is 22.8. The zero-order valence-electron chi connectivity index (χ0n) is 16.9. The van der Waals surface area contributed by atoms with Crippen molar-refractivity contribution < 1.29 is 22.7 Å². The average molecular weight is 469 g/mol. The first-order chi connectivity index (χ1) is 14.3. The number of hydrogen-bond acceptors (Lipinski definition) is 8. The molecular weight excluding hydrogens is 444 g/mol. The van der Waals surface area contributed by atoms with Gasteiger partial charge in [-0.3, -0.25) is 0 Å². The van der Waals surface area contributed by atoms with E-state index in [4.69, 9.17) is 9.47 Å². The predicted molar refractivity (Wildman–Crippen MR) is 121 cm³/mol. The van der Waals surface area contributed by atoms with Gasteiger partial charge in [-0.25, -0.2) is 17.9 Å². The molecular formula is C20H24N2O5S3. The van der Waals surface area contributed by atoms with Gasteiger partial charge in [-0.05, 0) is 49.7 Å². The number of carbonyl (C=O) groups excluding carboxylic acids is 1. The van der Waals surface area contributed by atoms with Gasteiger partial charge >= 0.3 is 5.97 Å². The highest BCUT2D eigenvalue weighted by molar-refractivity contribution is 8.17. The lowest BCUT2D eigenvalue weighted by atomic mass is 10.1. The van der Waals surface area contributed by atoms with Crippen molar-refractivity contribution in [3.8, 4) is 5.75 Å². The highest BCUT2D eigenvalue weighted by Crippen LogP contribution is 2.44. The summed E-state index contributed by atoms with van der Waals surface area (Å²) < 4.78 is 38.1. The van der Waals surface area contributed by atoms with Crippen LogP contribution < -0.4 is 14.8 Å². The smallest absolute Gasteiger partial charge is 0.338 e. The molecule has 7 nitrogen and oxygen atoms in total. The van der Waals surface area contributed by atoms with Gasteiger partial charge in [-0.15, -0.1) is 11.8 Å². The fraction of sp³-hybridized carbons (Fsp3) is 0.350. The fourth-order valence-corrected chi connectivity index (χ4v) is 6.40. The number of ether oxygens (including phenoxy) is 2. The second-order valence-corrected chi connectivity index (χ2v) is 10.8. The lowest BCUT2D eigenvalue weighted by Crippen LogP contribution is -2.27. The molecule has 2 aromatic rings. The molecule has 1 aliphatic rings. The molecule has 0 spiro atoms. The number of fused-ring (bicyclic) bond motifs is 1. The van der Waals surface area contributed by atoms with Crippen molar-refractivity contribution in [3.63, 3.8) is 0 Å². The van der Waals surface area contributed by atoms with E-state index in [1.54, 1.807) is 36.5 Å². The van der Waals surface area contributed by atoms with Crippen LogP contribution in [0.2, 0.25) is 0 Å². The third-order valence-corrected chi connectivity index (χ3v) is 8.30. The Labute approximate surface area is 185 Å². The summed E-state index contributed by atoms with van der Waals surface area (Å²) >= 11 is 3.30. The third-order valence-electron chi connectivity index (χ3n) is 4.36. The van der Waals surface area contributed by atoms with E-state index in [0.29, 0.717) is 17.9 Å². The van der Waals surface area contributed by atoms with E-state index in [2.05, 4.69) is 10.0 Å². The summed E-state index contributed by atoms with van der Waals surface area (Å²) in [6.45, 7) is 4.57. The number of nitrogens with one attached hydrogen (secondary N) is 2. The Morgan fingerprint density at radius 2 is 2.07 bits per heavy atom. The molecule has 3 rings (SSSR count). The minimum Gasteiger partial charge on any atom is -0.494 e. The minimum absolute atomic E-state index is 0.0442. The van der Waals surface area contributed by atoms with Crippen LogP contribution in [-0.4, -0.2) is 45.1 Å². The molecule has 1 atom stereocenters. The Morgan fingerprint density at radius 3 is 2.80 bits per heavy atom. The highest BCUT2D eigenvalue weighted by Gasteiger charge is 2.23. The molecule has 162 valence electrons. The topological polar surface area (TPSA) is 93.7 Å². The molecule has 0 fully saturated rings. The molecule has 2 aromatic carbocycles. The summed E-state index contributed by atoms with van der Waals surface area (Å²) in [5, 5.41) is 3.41. The lowest BCUT2D eigenvalue weighted by molar-refractivity contribution is 0.0599. The molecule has 1 unspecified atom stereocenters. The largest absolute Gasteiger partial charge is 0.494 e. The summed E-state index contributed by atoms with van der Waals surface area (Å²) in [6, 6.07) is 10.4. The van der Waals surface area contributed by atoms with E-state index in [0.717, 1.165) is 16.3 Å². The van der Waals surface area contributed by atoms with Gasteiger partial charge in [-0.1, -0.05) is 17.8 Å². The van der Waals surface area contributed by atoms with Gasteiger partial charge in [0.15, 0.2) is 0 Å². The fourth-order valence-electron chi connectivity index (χ4n) is 2.85. The highest BCUT2D eigenvalue weighted by atomic mass is 32.2. The lowest BCUT2D eigenvalue weighted by Gasteiger charge is -2.12. The number of carbonyl (C=O) groups is 1. The Hall–Kier alpha value is -1.88. The van der Waals surface area contributed by atoms with Crippen LogP contribution >= 0.6 is 23.5 Å². The standard InChI is InChI=1S/C20H24N2O5S3/c1-4-27-14-6-8-17-18(11-14)29-20(22-17)28-10-9-21-30(24,25)15-7-5-13(2)16(12-15)19(23)26-3/h5-8,11-12,20-22H,4,9-10H2,1-3H3. The number of methoxy groups -OCH3 is 1. The summed E-state index contributed by atoms with van der Waals surface area (Å²) in [7, 11) is -2.45. The SMILES string of the molecule is CCOc1ccc2c(c1)SC(SCCNS(=O)(=O)c1ccc(C)c(C(=O)OC)c1)N2. The van der Waals surface area contributed by atoms with E-state index < -0.39 is 16.0 Å². The molecule has 0 aliphatic carbocycles. The van der Waals surface area contributed by atoms with E-state index in [1.165, 1.54) is 19.2 Å². The number of anilines is 1. The predicted octanol–water partition coefficient (Wildman–Crippen LogP) is 3.69. The van der Waals surface area contributed by atoms with Gasteiger partial charge in [0.2, 0.25) is 10.0 Å². The van der Waals surface area contributed by atoms with Crippen LogP contribution in [-0.2, 0) is 14.8 Å². The minimum atomic E-state index is -3.72. The number of aryl methyl sites for hydroxylation is 1. The molecule has 0 saturated heterocycles. The molecule has 2 N–H and O–H groups in total. The van der Waals surface area contributed by atoms with Gasteiger partial charge in [0.05, 0.1) is 24.2 Å². The van der Waals surface area contributed by atoms with Gasteiger partial charge < -0.3 is 14.8 Å². The number of esters is 1. The van der Waals surface area contributed by atoms with E-state index in [9.17, 15) is 13.2 Å². The Kier molecular flexibility index (Phi) is 7.56. The number of sulfonamides is 1. The van der Waals surface area contributed by atoms with E-state index in [1.807, 2.05) is 25.1 Å². The molecule has 1 aliphatic heterocycles. The molecule has 1 heterocycles. The van der Waals surface area contributed by atoms with Crippen LogP contribution in [0.3, 0.4) is 0 Å². The van der Waals surface area contributed by atoms with Gasteiger partial charge in [0, 0.05) is 22.9 Å². The zero-order chi connectivity index (χ0) is 21.7. The number of hydrogen-bond donors (Lipinski definition) is 2. The van der Waals surface area contributed by atoms with Crippen molar-refractivity contribution in [2.24, 2.45) is 0 Å². The first-order valence-electron chi connectivity index (χ1n) is 9.34. The summed E-state index contributed by atoms with van der Waals surface area (Å²) in [5.74, 6) is 0.872. The maximum absolute atomic E-state index is 12.6. The third kappa shape index (κ3) is 5.42. The van der Waals surface area contributed by atoms with Crippen molar-refractivity contribution in [1.82, 2.24) is 4.72 Å². The quantitative estimate of drug-likeness (QED) is 0.425. The normalized spacial score (nSPS) is 15.4. The molecule has 0 amide bonds. The summed E-state index contributed by atoms with van der Waals surface area (Å²) in [6.07, 6.45) is 0.